The lowest BCUT2D eigenvalue weighted by Gasteiger charge is -2.19. The van der Waals surface area contributed by atoms with Crippen molar-refractivity contribution in [2.75, 3.05) is 13.6 Å². The smallest absolute Gasteiger partial charge is 0.179 e. The normalized spacial score (nSPS) is 11.1. The average molecular weight is 209 g/mol. The van der Waals surface area contributed by atoms with Crippen LogP contribution in [0.25, 0.3) is 0 Å². The summed E-state index contributed by atoms with van der Waals surface area (Å²) in [6, 6.07) is 6.36. The summed E-state index contributed by atoms with van der Waals surface area (Å²) in [6.07, 6.45) is 0. The van der Waals surface area contributed by atoms with Gasteiger partial charge in [-0.3, -0.25) is 9.69 Å². The van der Waals surface area contributed by atoms with Crippen LogP contribution in [0.1, 0.15) is 24.2 Å². The predicted octanol–water partition coefficient (Wildman–Crippen LogP) is 2.35. The number of rotatable bonds is 4. The van der Waals surface area contributed by atoms with Gasteiger partial charge in [-0.25, -0.2) is 4.39 Å². The largest absolute Gasteiger partial charge is 0.296 e. The topological polar surface area (TPSA) is 20.3 Å². The van der Waals surface area contributed by atoms with E-state index in [1.807, 2.05) is 25.8 Å². The highest BCUT2D eigenvalue weighted by Crippen LogP contribution is 2.08. The molecule has 2 nitrogen and oxygen atoms in total. The minimum absolute atomic E-state index is 0.171. The Kier molecular flexibility index (Phi) is 3.97. The maximum absolute atomic E-state index is 13.3. The molecule has 82 valence electrons. The van der Waals surface area contributed by atoms with E-state index in [4.69, 9.17) is 0 Å². The van der Waals surface area contributed by atoms with Crippen molar-refractivity contribution in [2.45, 2.75) is 19.9 Å². The van der Waals surface area contributed by atoms with E-state index in [0.717, 1.165) is 0 Å². The molecule has 0 bridgehead atoms. The molecule has 0 spiro atoms. The number of ketones is 1. The Morgan fingerprint density at radius 2 is 2.00 bits per heavy atom. The molecule has 0 saturated carbocycles. The summed E-state index contributed by atoms with van der Waals surface area (Å²) in [7, 11) is 1.85. The number of carbonyl (C=O) groups excluding carboxylic acids is 1. The molecule has 1 aromatic carbocycles. The maximum Gasteiger partial charge on any atom is 0.179 e. The summed E-state index contributed by atoms with van der Waals surface area (Å²) in [5.74, 6) is -0.621. The Balaban J connectivity index is 2.74. The lowest BCUT2D eigenvalue weighted by atomic mass is 10.1. The number of halogens is 1. The number of hydrogen-bond acceptors (Lipinski definition) is 2. The number of Topliss-reactive ketones (excluding diaryl/α,β-unsaturated/α-hetero) is 1. The van der Waals surface area contributed by atoms with Crippen LogP contribution >= 0.6 is 0 Å². The van der Waals surface area contributed by atoms with Crippen LogP contribution in [0.3, 0.4) is 0 Å². The highest BCUT2D eigenvalue weighted by molar-refractivity contribution is 5.97. The second kappa shape index (κ2) is 5.03. The third-order valence-electron chi connectivity index (χ3n) is 2.45. The van der Waals surface area contributed by atoms with Crippen LogP contribution in [0.15, 0.2) is 24.3 Å². The molecule has 1 rings (SSSR count). The van der Waals surface area contributed by atoms with Gasteiger partial charge in [0.1, 0.15) is 5.82 Å². The SMILES string of the molecule is CC(C)N(C)CC(=O)c1ccccc1F. The molecular formula is C12H16FNO. The molecule has 15 heavy (non-hydrogen) atoms. The van der Waals surface area contributed by atoms with Gasteiger partial charge in [0.2, 0.25) is 0 Å². The summed E-state index contributed by atoms with van der Waals surface area (Å²) < 4.78 is 13.3. The van der Waals surface area contributed by atoms with E-state index in [9.17, 15) is 9.18 Å². The molecule has 0 amide bonds. The minimum Gasteiger partial charge on any atom is -0.296 e. The molecule has 0 fully saturated rings. The molecule has 0 atom stereocenters. The molecular weight excluding hydrogens is 193 g/mol. The van der Waals surface area contributed by atoms with Crippen LogP contribution in [0.4, 0.5) is 4.39 Å². The van der Waals surface area contributed by atoms with Crippen LogP contribution < -0.4 is 0 Å². The first-order chi connectivity index (χ1) is 7.02. The van der Waals surface area contributed by atoms with Gasteiger partial charge in [-0.05, 0) is 33.0 Å². The highest BCUT2D eigenvalue weighted by atomic mass is 19.1. The lowest BCUT2D eigenvalue weighted by Crippen LogP contribution is -2.32. The van der Waals surface area contributed by atoms with Gasteiger partial charge in [-0.2, -0.15) is 0 Å². The molecule has 0 unspecified atom stereocenters. The zero-order valence-electron chi connectivity index (χ0n) is 9.33. The van der Waals surface area contributed by atoms with Crippen molar-refractivity contribution in [3.8, 4) is 0 Å². The van der Waals surface area contributed by atoms with E-state index in [1.54, 1.807) is 12.1 Å². The van der Waals surface area contributed by atoms with Crippen molar-refractivity contribution in [3.63, 3.8) is 0 Å². The predicted molar refractivity (Wildman–Crippen MR) is 58.5 cm³/mol. The van der Waals surface area contributed by atoms with Crippen molar-refractivity contribution in [2.24, 2.45) is 0 Å². The van der Waals surface area contributed by atoms with Crippen LogP contribution in [0.2, 0.25) is 0 Å². The lowest BCUT2D eigenvalue weighted by molar-refractivity contribution is 0.0925. The average Bonchev–Trinajstić information content (AvgIpc) is 2.18. The second-order valence-electron chi connectivity index (χ2n) is 3.91. The number of likely N-dealkylation sites (N-methyl/N-ethyl adjacent to an activating group) is 1. The zero-order chi connectivity index (χ0) is 11.4. The molecule has 0 heterocycles. The molecule has 1 aromatic rings. The summed E-state index contributed by atoms with van der Waals surface area (Å²) in [6.45, 7) is 4.24. The van der Waals surface area contributed by atoms with Gasteiger partial charge in [0.15, 0.2) is 5.78 Å². The summed E-state index contributed by atoms with van der Waals surface area (Å²) >= 11 is 0. The highest BCUT2D eigenvalue weighted by Gasteiger charge is 2.14. The van der Waals surface area contributed by atoms with Gasteiger partial charge in [0, 0.05) is 6.04 Å². The molecule has 0 saturated heterocycles. The fourth-order valence-corrected chi connectivity index (χ4v) is 1.18. The molecule has 0 aliphatic carbocycles. The first-order valence-electron chi connectivity index (χ1n) is 5.00. The molecule has 0 radical (unpaired) electrons. The summed E-state index contributed by atoms with van der Waals surface area (Å²) in [5, 5.41) is 0. The van der Waals surface area contributed by atoms with Crippen LogP contribution in [-0.2, 0) is 0 Å². The van der Waals surface area contributed by atoms with E-state index < -0.39 is 5.82 Å². The quantitative estimate of drug-likeness (QED) is 0.709. The Hall–Kier alpha value is -1.22. The van der Waals surface area contributed by atoms with Gasteiger partial charge in [0.25, 0.3) is 0 Å². The van der Waals surface area contributed by atoms with Gasteiger partial charge in [-0.1, -0.05) is 12.1 Å². The molecule has 3 heteroatoms. The first kappa shape index (κ1) is 11.9. The van der Waals surface area contributed by atoms with Crippen molar-refractivity contribution >= 4 is 5.78 Å². The third kappa shape index (κ3) is 3.13. The Labute approximate surface area is 89.7 Å². The first-order valence-corrected chi connectivity index (χ1v) is 5.00. The van der Waals surface area contributed by atoms with Crippen LogP contribution in [-0.4, -0.2) is 30.3 Å². The maximum atomic E-state index is 13.3. The fraction of sp³-hybridized carbons (Fsp3) is 0.417. The Bertz CT molecular complexity index is 349. The number of nitrogens with zero attached hydrogens (tertiary/aromatic N) is 1. The fourth-order valence-electron chi connectivity index (χ4n) is 1.18. The number of benzene rings is 1. The number of hydrogen-bond donors (Lipinski definition) is 0. The van der Waals surface area contributed by atoms with E-state index in [-0.39, 0.29) is 23.9 Å². The third-order valence-corrected chi connectivity index (χ3v) is 2.45. The Morgan fingerprint density at radius 1 is 1.40 bits per heavy atom. The number of carbonyl (C=O) groups is 1. The summed E-state index contributed by atoms with van der Waals surface area (Å²) in [4.78, 5) is 13.6. The Morgan fingerprint density at radius 3 is 2.53 bits per heavy atom. The molecule has 0 aliphatic rings. The zero-order valence-corrected chi connectivity index (χ0v) is 9.33. The standard InChI is InChI=1S/C12H16FNO/c1-9(2)14(3)8-12(15)10-6-4-5-7-11(10)13/h4-7,9H,8H2,1-3H3. The van der Waals surface area contributed by atoms with Gasteiger partial charge in [0.05, 0.1) is 12.1 Å². The molecule has 0 N–H and O–H groups in total. The second-order valence-corrected chi connectivity index (χ2v) is 3.91. The van der Waals surface area contributed by atoms with Gasteiger partial charge < -0.3 is 0 Å². The summed E-state index contributed by atoms with van der Waals surface area (Å²) in [5.41, 5.74) is 0.171. The molecule has 0 aliphatic heterocycles. The van der Waals surface area contributed by atoms with Crippen molar-refractivity contribution in [3.05, 3.63) is 35.6 Å². The minimum atomic E-state index is -0.445. The van der Waals surface area contributed by atoms with Crippen molar-refractivity contribution < 1.29 is 9.18 Å². The monoisotopic (exact) mass is 209 g/mol. The van der Waals surface area contributed by atoms with Crippen molar-refractivity contribution in [1.29, 1.82) is 0 Å². The van der Waals surface area contributed by atoms with E-state index in [1.165, 1.54) is 12.1 Å². The van der Waals surface area contributed by atoms with Gasteiger partial charge >= 0.3 is 0 Å². The van der Waals surface area contributed by atoms with E-state index in [2.05, 4.69) is 0 Å². The van der Waals surface area contributed by atoms with Gasteiger partial charge in [-0.15, -0.1) is 0 Å². The van der Waals surface area contributed by atoms with E-state index >= 15 is 0 Å². The van der Waals surface area contributed by atoms with Crippen LogP contribution in [0, 0.1) is 5.82 Å². The van der Waals surface area contributed by atoms with E-state index in [0.29, 0.717) is 0 Å². The molecule has 0 aromatic heterocycles. The van der Waals surface area contributed by atoms with Crippen LogP contribution in [0.5, 0.6) is 0 Å². The van der Waals surface area contributed by atoms with Crippen molar-refractivity contribution in [1.82, 2.24) is 4.90 Å².